The molecule has 0 spiro atoms. The first-order chi connectivity index (χ1) is 29.2. The van der Waals surface area contributed by atoms with Gasteiger partial charge in [-0.25, -0.2) is 15.0 Å². The van der Waals surface area contributed by atoms with Crippen molar-refractivity contribution in [2.75, 3.05) is 0 Å². The van der Waals surface area contributed by atoms with Crippen LogP contribution in [-0.2, 0) is 0 Å². The van der Waals surface area contributed by atoms with Crippen molar-refractivity contribution in [2.24, 2.45) is 0 Å². The second-order valence-electron chi connectivity index (χ2n) is 14.8. The normalized spacial score (nSPS) is 11.4. The van der Waals surface area contributed by atoms with Gasteiger partial charge in [0, 0.05) is 33.2 Å². The Morgan fingerprint density at radius 3 is 1.25 bits per heavy atom. The number of rotatable bonds is 7. The molecule has 9 aromatic carbocycles. The molecule has 11 aromatic rings. The molecule has 0 aliphatic heterocycles. The summed E-state index contributed by atoms with van der Waals surface area (Å²) in [6.07, 6.45) is 0. The number of aromatic nitrogens is 4. The summed E-state index contributed by atoms with van der Waals surface area (Å²) in [5.41, 5.74) is 13.3. The first-order valence-corrected chi connectivity index (χ1v) is 19.9. The predicted molar refractivity (Wildman–Crippen MR) is 244 cm³/mol. The van der Waals surface area contributed by atoms with E-state index >= 15 is 0 Å². The highest BCUT2D eigenvalue weighted by Crippen LogP contribution is 2.40. The van der Waals surface area contributed by atoms with Crippen molar-refractivity contribution < 1.29 is 0 Å². The third kappa shape index (κ3) is 6.24. The fraction of sp³-hybridized carbons (Fsp3) is 0. The summed E-state index contributed by atoms with van der Waals surface area (Å²) in [6, 6.07) is 77.1. The molecule has 2 aromatic heterocycles. The predicted octanol–water partition coefficient (Wildman–Crippen LogP) is 14.1. The number of benzene rings is 9. The van der Waals surface area contributed by atoms with Crippen LogP contribution >= 0.6 is 0 Å². The Hall–Kier alpha value is -7.95. The Morgan fingerprint density at radius 1 is 0.271 bits per heavy atom. The number of hydrogen-bond donors (Lipinski definition) is 0. The van der Waals surface area contributed by atoms with Gasteiger partial charge >= 0.3 is 0 Å². The largest absolute Gasteiger partial charge is 0.309 e. The molecule has 2 heterocycles. The SMILES string of the molecule is c1ccc(-c2ccc(-c3nc(-c4ccccc4)nc(-c4ccc(-c5c(-c6ccc(-n7c8ccccc8c8ccccc87)cc6)ccc6ccccc56)cc4)n3)cc2)cc1. The number of para-hydroxylation sites is 2. The van der Waals surface area contributed by atoms with Gasteiger partial charge in [-0.15, -0.1) is 0 Å². The second kappa shape index (κ2) is 14.5. The molecule has 0 atom stereocenters. The van der Waals surface area contributed by atoms with Crippen LogP contribution in [0.1, 0.15) is 0 Å². The van der Waals surface area contributed by atoms with Gasteiger partial charge in [-0.3, -0.25) is 0 Å². The molecule has 0 bridgehead atoms. The second-order valence-corrected chi connectivity index (χ2v) is 14.8. The number of hydrogen-bond acceptors (Lipinski definition) is 3. The molecule has 276 valence electrons. The van der Waals surface area contributed by atoms with Gasteiger partial charge in [0.15, 0.2) is 17.5 Å². The van der Waals surface area contributed by atoms with Gasteiger partial charge in [-0.2, -0.15) is 0 Å². The minimum atomic E-state index is 0.631. The maximum Gasteiger partial charge on any atom is 0.164 e. The highest BCUT2D eigenvalue weighted by atomic mass is 15.0. The molecule has 11 rings (SSSR count). The Balaban J connectivity index is 0.988. The smallest absolute Gasteiger partial charge is 0.164 e. The van der Waals surface area contributed by atoms with Crippen LogP contribution in [0.5, 0.6) is 0 Å². The fourth-order valence-electron chi connectivity index (χ4n) is 8.39. The topological polar surface area (TPSA) is 43.6 Å². The van der Waals surface area contributed by atoms with Crippen LogP contribution in [0.3, 0.4) is 0 Å². The number of nitrogens with zero attached hydrogens (tertiary/aromatic N) is 4. The number of fused-ring (bicyclic) bond motifs is 4. The fourth-order valence-corrected chi connectivity index (χ4v) is 8.39. The van der Waals surface area contributed by atoms with Crippen LogP contribution in [0.2, 0.25) is 0 Å². The maximum absolute atomic E-state index is 5.06. The standard InChI is InChI=1S/C55H36N4/c1-3-13-37(14-4-1)38-23-27-43(28-24-38)54-56-53(42-16-5-2-6-17-42)57-55(58-54)44-29-25-41(26-30-44)52-46-18-8-7-15-39(46)33-36-47(52)40-31-34-45(35-32-40)59-50-21-11-9-19-48(50)49-20-10-12-22-51(49)59/h1-36H. The summed E-state index contributed by atoms with van der Waals surface area (Å²) >= 11 is 0. The quantitative estimate of drug-likeness (QED) is 0.163. The van der Waals surface area contributed by atoms with Crippen molar-refractivity contribution in [2.45, 2.75) is 0 Å². The molecule has 0 fully saturated rings. The third-order valence-corrected chi connectivity index (χ3v) is 11.3. The summed E-state index contributed by atoms with van der Waals surface area (Å²) in [5.74, 6) is 1.91. The van der Waals surface area contributed by atoms with E-state index in [-0.39, 0.29) is 0 Å². The summed E-state index contributed by atoms with van der Waals surface area (Å²) in [5, 5.41) is 4.92. The van der Waals surface area contributed by atoms with E-state index in [1.807, 2.05) is 36.4 Å². The molecular formula is C55H36N4. The van der Waals surface area contributed by atoms with Gasteiger partial charge in [0.25, 0.3) is 0 Å². The monoisotopic (exact) mass is 752 g/mol. The van der Waals surface area contributed by atoms with Gasteiger partial charge in [-0.05, 0) is 68.4 Å². The van der Waals surface area contributed by atoms with Crippen LogP contribution < -0.4 is 0 Å². The van der Waals surface area contributed by atoms with E-state index in [9.17, 15) is 0 Å². The maximum atomic E-state index is 5.06. The molecule has 0 aliphatic carbocycles. The van der Waals surface area contributed by atoms with Crippen molar-refractivity contribution in [3.8, 4) is 73.2 Å². The van der Waals surface area contributed by atoms with Gasteiger partial charge in [0.05, 0.1) is 11.0 Å². The van der Waals surface area contributed by atoms with Crippen LogP contribution in [0.4, 0.5) is 0 Å². The van der Waals surface area contributed by atoms with E-state index in [2.05, 4.69) is 187 Å². The molecule has 0 N–H and O–H groups in total. The van der Waals surface area contributed by atoms with Crippen molar-refractivity contribution in [1.29, 1.82) is 0 Å². The molecule has 0 saturated heterocycles. The zero-order chi connectivity index (χ0) is 39.1. The Bertz CT molecular complexity index is 3230. The molecule has 4 nitrogen and oxygen atoms in total. The van der Waals surface area contributed by atoms with Crippen LogP contribution in [0, 0.1) is 0 Å². The molecular weight excluding hydrogens is 717 g/mol. The molecule has 0 unspecified atom stereocenters. The Kier molecular flexibility index (Phi) is 8.45. The average Bonchev–Trinajstić information content (AvgIpc) is 3.66. The summed E-state index contributed by atoms with van der Waals surface area (Å²) in [7, 11) is 0. The Labute approximate surface area is 342 Å². The Morgan fingerprint density at radius 2 is 0.678 bits per heavy atom. The molecule has 0 aliphatic rings. The van der Waals surface area contributed by atoms with Crippen LogP contribution in [-0.4, -0.2) is 19.5 Å². The minimum Gasteiger partial charge on any atom is -0.309 e. The molecule has 0 radical (unpaired) electrons. The van der Waals surface area contributed by atoms with Gasteiger partial charge < -0.3 is 4.57 Å². The molecule has 0 amide bonds. The highest BCUT2D eigenvalue weighted by Gasteiger charge is 2.17. The third-order valence-electron chi connectivity index (χ3n) is 11.3. The van der Waals surface area contributed by atoms with E-state index < -0.39 is 0 Å². The zero-order valence-corrected chi connectivity index (χ0v) is 32.1. The minimum absolute atomic E-state index is 0.631. The van der Waals surface area contributed by atoms with E-state index in [4.69, 9.17) is 15.0 Å². The highest BCUT2D eigenvalue weighted by molar-refractivity contribution is 6.09. The van der Waals surface area contributed by atoms with Crippen molar-refractivity contribution in [1.82, 2.24) is 19.5 Å². The lowest BCUT2D eigenvalue weighted by Crippen LogP contribution is -2.00. The summed E-state index contributed by atoms with van der Waals surface area (Å²) < 4.78 is 2.37. The summed E-state index contributed by atoms with van der Waals surface area (Å²) in [4.78, 5) is 15.1. The zero-order valence-electron chi connectivity index (χ0n) is 32.1. The van der Waals surface area contributed by atoms with Gasteiger partial charge in [-0.1, -0.05) is 194 Å². The van der Waals surface area contributed by atoms with Crippen molar-refractivity contribution in [3.63, 3.8) is 0 Å². The lowest BCUT2D eigenvalue weighted by molar-refractivity contribution is 1.07. The van der Waals surface area contributed by atoms with E-state index in [0.29, 0.717) is 17.5 Å². The van der Waals surface area contributed by atoms with Crippen LogP contribution in [0.15, 0.2) is 218 Å². The van der Waals surface area contributed by atoms with E-state index in [1.165, 1.54) is 49.3 Å². The van der Waals surface area contributed by atoms with E-state index in [1.54, 1.807) is 0 Å². The molecule has 4 heteroatoms. The average molecular weight is 753 g/mol. The van der Waals surface area contributed by atoms with Crippen molar-refractivity contribution in [3.05, 3.63) is 218 Å². The first kappa shape index (κ1) is 34.3. The lowest BCUT2D eigenvalue weighted by Gasteiger charge is -2.16. The van der Waals surface area contributed by atoms with Crippen LogP contribution in [0.25, 0.3) is 106 Å². The molecule has 0 saturated carbocycles. The molecule has 59 heavy (non-hydrogen) atoms. The first-order valence-electron chi connectivity index (χ1n) is 19.9. The van der Waals surface area contributed by atoms with Gasteiger partial charge in [0.2, 0.25) is 0 Å². The van der Waals surface area contributed by atoms with Crippen molar-refractivity contribution >= 4 is 32.6 Å². The van der Waals surface area contributed by atoms with Gasteiger partial charge in [0.1, 0.15) is 0 Å². The summed E-state index contributed by atoms with van der Waals surface area (Å²) in [6.45, 7) is 0. The lowest BCUT2D eigenvalue weighted by atomic mass is 9.89. The van der Waals surface area contributed by atoms with E-state index in [0.717, 1.165) is 39.1 Å².